The second-order valence-corrected chi connectivity index (χ2v) is 4.03. The first kappa shape index (κ1) is 10.1. The summed E-state index contributed by atoms with van der Waals surface area (Å²) in [6.07, 6.45) is 3.57. The largest absolute Gasteiger partial charge is 0.294 e. The van der Waals surface area contributed by atoms with Crippen LogP contribution in [0.5, 0.6) is 0 Å². The summed E-state index contributed by atoms with van der Waals surface area (Å²) >= 11 is 3.37. The van der Waals surface area contributed by atoms with E-state index in [1.54, 1.807) is 23.9 Å². The lowest BCUT2D eigenvalue weighted by atomic mass is 10.1. The second-order valence-electron chi connectivity index (χ2n) is 3.17. The average molecular weight is 265 g/mol. The number of carbonyl (C=O) groups excluding carboxylic acids is 1. The summed E-state index contributed by atoms with van der Waals surface area (Å²) in [4.78, 5) is 11.2. The van der Waals surface area contributed by atoms with E-state index in [-0.39, 0.29) is 5.78 Å². The molecule has 0 atom stereocenters. The Bertz CT molecular complexity index is 491. The fraction of sp³-hybridized carbons (Fsp3) is 0.0909. The summed E-state index contributed by atoms with van der Waals surface area (Å²) in [7, 11) is 0. The lowest BCUT2D eigenvalue weighted by Crippen LogP contribution is -1.98. The molecule has 15 heavy (non-hydrogen) atoms. The van der Waals surface area contributed by atoms with Crippen LogP contribution in [0.3, 0.4) is 0 Å². The molecule has 1 aromatic carbocycles. The Morgan fingerprint density at radius 3 is 2.80 bits per heavy atom. The molecular formula is C11H9BrN2O. The number of carbonyl (C=O) groups is 1. The van der Waals surface area contributed by atoms with Gasteiger partial charge in [0.15, 0.2) is 5.78 Å². The number of hydrogen-bond acceptors (Lipinski definition) is 2. The molecule has 0 saturated heterocycles. The Kier molecular flexibility index (Phi) is 2.68. The van der Waals surface area contributed by atoms with Crippen molar-refractivity contribution >= 4 is 21.7 Å². The molecule has 0 bridgehead atoms. The van der Waals surface area contributed by atoms with Gasteiger partial charge in [0.1, 0.15) is 0 Å². The zero-order valence-electron chi connectivity index (χ0n) is 8.14. The van der Waals surface area contributed by atoms with Crippen LogP contribution >= 0.6 is 15.9 Å². The molecule has 2 aromatic rings. The molecule has 0 aliphatic heterocycles. The van der Waals surface area contributed by atoms with E-state index in [0.29, 0.717) is 5.56 Å². The summed E-state index contributed by atoms with van der Waals surface area (Å²) < 4.78 is 2.54. The topological polar surface area (TPSA) is 34.9 Å². The molecule has 0 aliphatic carbocycles. The van der Waals surface area contributed by atoms with Crippen LogP contribution in [-0.4, -0.2) is 15.6 Å². The molecule has 76 valence electrons. The highest BCUT2D eigenvalue weighted by Crippen LogP contribution is 2.20. The Morgan fingerprint density at radius 2 is 2.27 bits per heavy atom. The van der Waals surface area contributed by atoms with Crippen molar-refractivity contribution in [1.29, 1.82) is 0 Å². The number of ketones is 1. The highest BCUT2D eigenvalue weighted by molar-refractivity contribution is 9.10. The van der Waals surface area contributed by atoms with Crippen molar-refractivity contribution < 1.29 is 4.79 Å². The fourth-order valence-electron chi connectivity index (χ4n) is 1.35. The molecule has 0 N–H and O–H groups in total. The maximum Gasteiger partial charge on any atom is 0.160 e. The number of halogens is 1. The standard InChI is InChI=1S/C11H9BrN2O/c1-8(15)10-4-3-9(7-11(10)12)14-6-2-5-13-14/h2-7H,1H3. The minimum atomic E-state index is 0.0499. The average Bonchev–Trinajstić information content (AvgIpc) is 2.69. The quantitative estimate of drug-likeness (QED) is 0.782. The molecule has 0 unspecified atom stereocenters. The summed E-state index contributed by atoms with van der Waals surface area (Å²) in [5.74, 6) is 0.0499. The molecule has 0 saturated carbocycles. The highest BCUT2D eigenvalue weighted by Gasteiger charge is 2.06. The minimum absolute atomic E-state index is 0.0499. The third-order valence-corrected chi connectivity index (χ3v) is 2.76. The van der Waals surface area contributed by atoms with Crippen LogP contribution in [0.2, 0.25) is 0 Å². The first-order valence-electron chi connectivity index (χ1n) is 4.49. The van der Waals surface area contributed by atoms with Gasteiger partial charge in [-0.3, -0.25) is 4.79 Å². The van der Waals surface area contributed by atoms with Crippen molar-refractivity contribution in [3.05, 3.63) is 46.7 Å². The van der Waals surface area contributed by atoms with Gasteiger partial charge in [0.05, 0.1) is 5.69 Å². The fourth-order valence-corrected chi connectivity index (χ4v) is 2.00. The van der Waals surface area contributed by atoms with E-state index in [2.05, 4.69) is 21.0 Å². The molecule has 4 heteroatoms. The van der Waals surface area contributed by atoms with Gasteiger partial charge in [0.25, 0.3) is 0 Å². The van der Waals surface area contributed by atoms with Gasteiger partial charge in [0.2, 0.25) is 0 Å². The smallest absolute Gasteiger partial charge is 0.160 e. The summed E-state index contributed by atoms with van der Waals surface area (Å²) in [6.45, 7) is 1.55. The number of hydrogen-bond donors (Lipinski definition) is 0. The Hall–Kier alpha value is -1.42. The molecule has 3 nitrogen and oxygen atoms in total. The van der Waals surface area contributed by atoms with Crippen LogP contribution in [0.1, 0.15) is 17.3 Å². The van der Waals surface area contributed by atoms with E-state index in [9.17, 15) is 4.79 Å². The van der Waals surface area contributed by atoms with Crippen LogP contribution in [0, 0.1) is 0 Å². The third kappa shape index (κ3) is 1.99. The summed E-state index contributed by atoms with van der Waals surface area (Å²) in [5, 5.41) is 4.11. The Balaban J connectivity index is 2.47. The zero-order valence-corrected chi connectivity index (χ0v) is 9.73. The molecule has 2 rings (SSSR count). The van der Waals surface area contributed by atoms with Gasteiger partial charge >= 0.3 is 0 Å². The molecule has 0 spiro atoms. The van der Waals surface area contributed by atoms with E-state index in [1.165, 1.54) is 0 Å². The van der Waals surface area contributed by atoms with E-state index in [4.69, 9.17) is 0 Å². The van der Waals surface area contributed by atoms with E-state index in [1.807, 2.05) is 24.4 Å². The molecule has 0 fully saturated rings. The van der Waals surface area contributed by atoms with Crippen molar-refractivity contribution in [3.63, 3.8) is 0 Å². The van der Waals surface area contributed by atoms with E-state index >= 15 is 0 Å². The maximum atomic E-state index is 11.2. The second kappa shape index (κ2) is 3.98. The van der Waals surface area contributed by atoms with Gasteiger partial charge < -0.3 is 0 Å². The van der Waals surface area contributed by atoms with Crippen LogP contribution in [0.4, 0.5) is 0 Å². The molecular weight excluding hydrogens is 256 g/mol. The normalized spacial score (nSPS) is 10.3. The SMILES string of the molecule is CC(=O)c1ccc(-n2cccn2)cc1Br. The van der Waals surface area contributed by atoms with Gasteiger partial charge in [-0.25, -0.2) is 4.68 Å². The molecule has 0 aliphatic rings. The van der Waals surface area contributed by atoms with Crippen molar-refractivity contribution in [2.75, 3.05) is 0 Å². The van der Waals surface area contributed by atoms with Crippen molar-refractivity contribution in [2.24, 2.45) is 0 Å². The third-order valence-electron chi connectivity index (χ3n) is 2.10. The molecule has 0 amide bonds. The van der Waals surface area contributed by atoms with Crippen LogP contribution in [0.25, 0.3) is 5.69 Å². The number of Topliss-reactive ketones (excluding diaryl/α,β-unsaturated/α-hetero) is 1. The minimum Gasteiger partial charge on any atom is -0.294 e. The number of nitrogens with zero attached hydrogens (tertiary/aromatic N) is 2. The molecule has 1 heterocycles. The van der Waals surface area contributed by atoms with E-state index in [0.717, 1.165) is 10.2 Å². The van der Waals surface area contributed by atoms with Crippen LogP contribution in [0.15, 0.2) is 41.1 Å². The summed E-state index contributed by atoms with van der Waals surface area (Å²) in [5.41, 5.74) is 1.61. The first-order valence-corrected chi connectivity index (χ1v) is 5.28. The Morgan fingerprint density at radius 1 is 1.47 bits per heavy atom. The molecule has 1 aromatic heterocycles. The maximum absolute atomic E-state index is 11.2. The number of benzene rings is 1. The lowest BCUT2D eigenvalue weighted by molar-refractivity contribution is 0.101. The van der Waals surface area contributed by atoms with Gasteiger partial charge in [-0.2, -0.15) is 5.10 Å². The predicted molar refractivity (Wildman–Crippen MR) is 61.3 cm³/mol. The van der Waals surface area contributed by atoms with Gasteiger partial charge in [-0.05, 0) is 47.1 Å². The molecule has 0 radical (unpaired) electrons. The zero-order chi connectivity index (χ0) is 10.8. The van der Waals surface area contributed by atoms with Crippen molar-refractivity contribution in [3.8, 4) is 5.69 Å². The van der Waals surface area contributed by atoms with Gasteiger partial charge in [-0.15, -0.1) is 0 Å². The lowest BCUT2D eigenvalue weighted by Gasteiger charge is -2.04. The summed E-state index contributed by atoms with van der Waals surface area (Å²) in [6, 6.07) is 7.40. The highest BCUT2D eigenvalue weighted by atomic mass is 79.9. The predicted octanol–water partition coefficient (Wildman–Crippen LogP) is 2.84. The monoisotopic (exact) mass is 264 g/mol. The van der Waals surface area contributed by atoms with Gasteiger partial charge in [-0.1, -0.05) is 0 Å². The van der Waals surface area contributed by atoms with Gasteiger partial charge in [0, 0.05) is 22.4 Å². The Labute approximate surface area is 95.9 Å². The van der Waals surface area contributed by atoms with Crippen molar-refractivity contribution in [1.82, 2.24) is 9.78 Å². The van der Waals surface area contributed by atoms with Crippen LogP contribution < -0.4 is 0 Å². The van der Waals surface area contributed by atoms with E-state index < -0.39 is 0 Å². The first-order chi connectivity index (χ1) is 7.18. The number of rotatable bonds is 2. The number of aromatic nitrogens is 2. The van der Waals surface area contributed by atoms with Crippen LogP contribution in [-0.2, 0) is 0 Å². The van der Waals surface area contributed by atoms with Crippen molar-refractivity contribution in [2.45, 2.75) is 6.92 Å².